The Bertz CT molecular complexity index is 1260. The first kappa shape index (κ1) is 20.7. The molecule has 0 atom stereocenters. The first-order valence-corrected chi connectivity index (χ1v) is 11.1. The number of likely N-dealkylation sites (tertiary alicyclic amines) is 1. The van der Waals surface area contributed by atoms with E-state index in [-0.39, 0.29) is 0 Å². The summed E-state index contributed by atoms with van der Waals surface area (Å²) in [4.78, 5) is 16.4. The van der Waals surface area contributed by atoms with Crippen LogP contribution in [0.5, 0.6) is 0 Å². The zero-order chi connectivity index (χ0) is 22.1. The van der Waals surface area contributed by atoms with Crippen molar-refractivity contribution < 1.29 is 0 Å². The average molecular weight is 449 g/mol. The predicted octanol–water partition coefficient (Wildman–Crippen LogP) is 3.84. The molecule has 1 aliphatic heterocycles. The van der Waals surface area contributed by atoms with Crippen LogP contribution in [0.15, 0.2) is 42.7 Å². The van der Waals surface area contributed by atoms with Crippen LogP contribution >= 0.6 is 11.6 Å². The third-order valence-electron chi connectivity index (χ3n) is 5.73. The number of benzene rings is 1. The molecule has 0 aliphatic carbocycles. The topological polar surface area (TPSA) is 97.8 Å². The molecule has 4 heterocycles. The highest BCUT2D eigenvalue weighted by Crippen LogP contribution is 2.35. The lowest BCUT2D eigenvalue weighted by atomic mass is 10.0. The first-order valence-electron chi connectivity index (χ1n) is 10.8. The van der Waals surface area contributed by atoms with Gasteiger partial charge in [-0.05, 0) is 50.2 Å². The van der Waals surface area contributed by atoms with Crippen molar-refractivity contribution in [3.05, 3.63) is 47.7 Å². The maximum Gasteiger partial charge on any atom is 0.169 e. The molecule has 9 heteroatoms. The first-order chi connectivity index (χ1) is 15.6. The van der Waals surface area contributed by atoms with Gasteiger partial charge in [0, 0.05) is 43.5 Å². The van der Waals surface area contributed by atoms with Crippen LogP contribution in [0.4, 0.5) is 11.6 Å². The second-order valence-corrected chi connectivity index (χ2v) is 8.45. The van der Waals surface area contributed by atoms with E-state index < -0.39 is 0 Å². The van der Waals surface area contributed by atoms with E-state index in [0.717, 1.165) is 42.6 Å². The van der Waals surface area contributed by atoms with Crippen LogP contribution in [0.3, 0.4) is 0 Å². The van der Waals surface area contributed by atoms with Gasteiger partial charge in [-0.3, -0.25) is 9.67 Å². The van der Waals surface area contributed by atoms with Crippen molar-refractivity contribution in [2.24, 2.45) is 7.05 Å². The van der Waals surface area contributed by atoms with Crippen LogP contribution in [-0.4, -0.2) is 55.8 Å². The summed E-state index contributed by atoms with van der Waals surface area (Å²) in [5.41, 5.74) is 9.90. The van der Waals surface area contributed by atoms with Crippen LogP contribution in [0, 0.1) is 0 Å². The molecule has 164 valence electrons. The maximum atomic E-state index is 6.57. The number of rotatable bonds is 6. The highest BCUT2D eigenvalue weighted by Gasteiger charge is 2.19. The molecule has 3 N–H and O–H groups in total. The highest BCUT2D eigenvalue weighted by atomic mass is 35.5. The van der Waals surface area contributed by atoms with E-state index in [1.165, 1.54) is 12.8 Å². The Labute approximate surface area is 191 Å². The number of hydrogen-bond acceptors (Lipinski definition) is 7. The molecule has 32 heavy (non-hydrogen) atoms. The summed E-state index contributed by atoms with van der Waals surface area (Å²) >= 11 is 6.57. The van der Waals surface area contributed by atoms with Gasteiger partial charge in [-0.2, -0.15) is 5.10 Å². The second-order valence-electron chi connectivity index (χ2n) is 8.04. The van der Waals surface area contributed by atoms with Crippen LogP contribution < -0.4 is 11.1 Å². The number of nitrogens with one attached hydrogen (secondary N) is 1. The number of anilines is 2. The number of halogens is 1. The molecular weight excluding hydrogens is 424 g/mol. The summed E-state index contributed by atoms with van der Waals surface area (Å²) in [6.07, 6.45) is 6.14. The Kier molecular flexibility index (Phi) is 5.63. The number of hydrogen-bond donors (Lipinski definition) is 2. The van der Waals surface area contributed by atoms with Crippen molar-refractivity contribution in [1.29, 1.82) is 0 Å². The molecule has 0 bridgehead atoms. The van der Waals surface area contributed by atoms with Crippen LogP contribution in [0.1, 0.15) is 12.8 Å². The SMILES string of the molecule is Cn1ccc(-c2nc(N)c(NCCN3CCCC3)nc2-c2cc(Cl)c3ncccc3c2)n1. The highest BCUT2D eigenvalue weighted by molar-refractivity contribution is 6.35. The smallest absolute Gasteiger partial charge is 0.169 e. The molecule has 5 rings (SSSR count). The molecule has 3 aromatic heterocycles. The van der Waals surface area contributed by atoms with Gasteiger partial charge in [0.25, 0.3) is 0 Å². The lowest BCUT2D eigenvalue weighted by Gasteiger charge is -2.17. The van der Waals surface area contributed by atoms with Gasteiger partial charge in [0.15, 0.2) is 11.6 Å². The molecule has 0 saturated carbocycles. The molecule has 0 unspecified atom stereocenters. The number of nitrogen functional groups attached to an aromatic ring is 1. The molecule has 1 aliphatic rings. The van der Waals surface area contributed by atoms with E-state index in [9.17, 15) is 0 Å². The van der Waals surface area contributed by atoms with Gasteiger partial charge in [-0.1, -0.05) is 17.7 Å². The van der Waals surface area contributed by atoms with Crippen LogP contribution in [-0.2, 0) is 7.05 Å². The molecule has 0 spiro atoms. The molecule has 1 fully saturated rings. The van der Waals surface area contributed by atoms with Crippen molar-refractivity contribution in [2.45, 2.75) is 12.8 Å². The number of nitrogens with zero attached hydrogens (tertiary/aromatic N) is 6. The minimum atomic E-state index is 0.351. The fourth-order valence-corrected chi connectivity index (χ4v) is 4.40. The van der Waals surface area contributed by atoms with Crippen LogP contribution in [0.2, 0.25) is 5.02 Å². The standard InChI is InChI=1S/C23H25ClN8/c1-31-11-6-18(30-31)21-20(16-13-15-5-4-7-26-19(15)17(24)14-16)29-23(22(25)28-21)27-8-12-32-9-2-3-10-32/h4-7,11,13-14H,2-3,8-10,12H2,1H3,(H2,25,28)(H,27,29). The number of nitrogens with two attached hydrogens (primary N) is 1. The summed E-state index contributed by atoms with van der Waals surface area (Å²) in [5.74, 6) is 0.922. The zero-order valence-corrected chi connectivity index (χ0v) is 18.7. The third-order valence-corrected chi connectivity index (χ3v) is 6.02. The van der Waals surface area contributed by atoms with E-state index in [0.29, 0.717) is 33.7 Å². The van der Waals surface area contributed by atoms with E-state index >= 15 is 0 Å². The van der Waals surface area contributed by atoms with Gasteiger partial charge < -0.3 is 16.0 Å². The summed E-state index contributed by atoms with van der Waals surface area (Å²) < 4.78 is 1.73. The number of pyridine rings is 1. The zero-order valence-electron chi connectivity index (χ0n) is 17.9. The maximum absolute atomic E-state index is 6.57. The van der Waals surface area contributed by atoms with Crippen molar-refractivity contribution in [3.63, 3.8) is 0 Å². The van der Waals surface area contributed by atoms with E-state index in [1.54, 1.807) is 10.9 Å². The molecule has 0 amide bonds. The lowest BCUT2D eigenvalue weighted by Crippen LogP contribution is -2.26. The largest absolute Gasteiger partial charge is 0.381 e. The normalized spacial score (nSPS) is 14.3. The van der Waals surface area contributed by atoms with Gasteiger partial charge in [-0.15, -0.1) is 0 Å². The minimum Gasteiger partial charge on any atom is -0.381 e. The molecule has 1 saturated heterocycles. The van der Waals surface area contributed by atoms with E-state index in [4.69, 9.17) is 27.3 Å². The summed E-state index contributed by atoms with van der Waals surface area (Å²) in [5, 5.41) is 9.39. The van der Waals surface area contributed by atoms with E-state index in [2.05, 4.69) is 20.3 Å². The fourth-order valence-electron chi connectivity index (χ4n) is 4.12. The Morgan fingerprint density at radius 1 is 1.12 bits per heavy atom. The lowest BCUT2D eigenvalue weighted by molar-refractivity contribution is 0.352. The van der Waals surface area contributed by atoms with Gasteiger partial charge >= 0.3 is 0 Å². The molecular formula is C23H25ClN8. The second kappa shape index (κ2) is 8.72. The molecule has 8 nitrogen and oxygen atoms in total. The van der Waals surface area contributed by atoms with Crippen molar-refractivity contribution in [3.8, 4) is 22.6 Å². The minimum absolute atomic E-state index is 0.351. The van der Waals surface area contributed by atoms with Gasteiger partial charge in [0.1, 0.15) is 17.1 Å². The van der Waals surface area contributed by atoms with Gasteiger partial charge in [0.2, 0.25) is 0 Å². The fraction of sp³-hybridized carbons (Fsp3) is 0.304. The predicted molar refractivity (Wildman–Crippen MR) is 129 cm³/mol. The number of aryl methyl sites for hydroxylation is 1. The Morgan fingerprint density at radius 2 is 1.97 bits per heavy atom. The van der Waals surface area contributed by atoms with Crippen LogP contribution in [0.25, 0.3) is 33.5 Å². The average Bonchev–Trinajstić information content (AvgIpc) is 3.46. The molecule has 4 aromatic rings. The molecule has 1 aromatic carbocycles. The summed E-state index contributed by atoms with van der Waals surface area (Å²) in [6, 6.07) is 9.67. The van der Waals surface area contributed by atoms with Gasteiger partial charge in [-0.25, -0.2) is 9.97 Å². The number of aromatic nitrogens is 5. The van der Waals surface area contributed by atoms with Gasteiger partial charge in [0.05, 0.1) is 10.5 Å². The summed E-state index contributed by atoms with van der Waals surface area (Å²) in [6.45, 7) is 4.00. The Balaban J connectivity index is 1.56. The summed E-state index contributed by atoms with van der Waals surface area (Å²) in [7, 11) is 1.87. The third kappa shape index (κ3) is 4.11. The van der Waals surface area contributed by atoms with Crippen molar-refractivity contribution in [2.75, 3.05) is 37.2 Å². The van der Waals surface area contributed by atoms with E-state index in [1.807, 2.05) is 43.6 Å². The Morgan fingerprint density at radius 3 is 2.75 bits per heavy atom. The quantitative estimate of drug-likeness (QED) is 0.462. The van der Waals surface area contributed by atoms with Crippen molar-refractivity contribution >= 4 is 34.1 Å². The monoisotopic (exact) mass is 448 g/mol. The Hall–Kier alpha value is -3.23. The number of fused-ring (bicyclic) bond motifs is 1. The van der Waals surface area contributed by atoms with Crippen molar-refractivity contribution in [1.82, 2.24) is 29.6 Å². The molecule has 0 radical (unpaired) electrons.